The van der Waals surface area contributed by atoms with Crippen LogP contribution in [-0.2, 0) is 9.47 Å². The number of amides is 1. The summed E-state index contributed by atoms with van der Waals surface area (Å²) < 4.78 is 8.55. The van der Waals surface area contributed by atoms with Crippen LogP contribution in [0.4, 0.5) is 10.6 Å². The first-order valence-electron chi connectivity index (χ1n) is 7.73. The molecule has 2 aromatic rings. The van der Waals surface area contributed by atoms with Crippen molar-refractivity contribution in [2.75, 3.05) is 4.90 Å². The largest absolute Gasteiger partial charge is 0.511 e. The quantitative estimate of drug-likeness (QED) is 0.486. The summed E-state index contributed by atoms with van der Waals surface area (Å²) in [6, 6.07) is 3.02. The van der Waals surface area contributed by atoms with Crippen LogP contribution < -0.4 is 4.90 Å². The lowest BCUT2D eigenvalue weighted by Gasteiger charge is -2.32. The van der Waals surface area contributed by atoms with Gasteiger partial charge in [-0.25, -0.2) is 19.7 Å². The summed E-state index contributed by atoms with van der Waals surface area (Å²) in [6.07, 6.45) is 1.60. The normalized spacial score (nSPS) is 16.7. The predicted octanol–water partition coefficient (Wildman–Crippen LogP) is 4.49. The van der Waals surface area contributed by atoms with Gasteiger partial charge in [-0.15, -0.1) is 0 Å². The van der Waals surface area contributed by atoms with Crippen molar-refractivity contribution in [3.8, 4) is 0 Å². The van der Waals surface area contributed by atoms with E-state index < -0.39 is 27.7 Å². The van der Waals surface area contributed by atoms with Gasteiger partial charge in [-0.2, -0.15) is 0 Å². The van der Waals surface area contributed by atoms with E-state index in [2.05, 4.69) is 15.0 Å². The SMILES string of the molecule is CC(C)(OC(=O)OC1c2nccnc2C(=O)N1c1ccc(Cl)cn1)C(Cl)(Cl)Cl. The molecule has 28 heavy (non-hydrogen) atoms. The van der Waals surface area contributed by atoms with Crippen molar-refractivity contribution >= 4 is 64.3 Å². The third kappa shape index (κ3) is 3.96. The van der Waals surface area contributed by atoms with Crippen molar-refractivity contribution in [1.82, 2.24) is 15.0 Å². The number of nitrogens with zero attached hydrogens (tertiary/aromatic N) is 4. The van der Waals surface area contributed by atoms with Crippen molar-refractivity contribution in [3.05, 3.63) is 47.1 Å². The second kappa shape index (κ2) is 7.51. The number of pyridine rings is 1. The van der Waals surface area contributed by atoms with Crippen LogP contribution in [0.5, 0.6) is 0 Å². The van der Waals surface area contributed by atoms with Crippen LogP contribution >= 0.6 is 46.4 Å². The number of halogens is 4. The molecule has 2 aromatic heterocycles. The lowest BCUT2D eigenvalue weighted by Crippen LogP contribution is -2.42. The Labute approximate surface area is 179 Å². The molecule has 0 fully saturated rings. The zero-order chi connectivity index (χ0) is 20.7. The average Bonchev–Trinajstić information content (AvgIpc) is 2.87. The molecule has 0 aromatic carbocycles. The molecule has 0 bridgehead atoms. The molecule has 12 heteroatoms. The van der Waals surface area contributed by atoms with Crippen molar-refractivity contribution in [3.63, 3.8) is 0 Å². The second-order valence-electron chi connectivity index (χ2n) is 6.13. The molecule has 8 nitrogen and oxygen atoms in total. The lowest BCUT2D eigenvalue weighted by atomic mass is 10.2. The fourth-order valence-corrected chi connectivity index (χ4v) is 2.49. The highest BCUT2D eigenvalue weighted by Crippen LogP contribution is 2.41. The molecular weight excluding hydrogens is 454 g/mol. The van der Waals surface area contributed by atoms with Gasteiger partial charge in [0.1, 0.15) is 11.5 Å². The molecule has 1 atom stereocenters. The van der Waals surface area contributed by atoms with Gasteiger partial charge in [0.2, 0.25) is 10.0 Å². The van der Waals surface area contributed by atoms with E-state index in [1.807, 2.05) is 0 Å². The number of carbonyl (C=O) groups excluding carboxylic acids is 2. The summed E-state index contributed by atoms with van der Waals surface area (Å²) in [4.78, 5) is 38.4. The fraction of sp³-hybridized carbons (Fsp3) is 0.312. The van der Waals surface area contributed by atoms with Gasteiger partial charge in [0.25, 0.3) is 5.91 Å². The van der Waals surface area contributed by atoms with E-state index in [9.17, 15) is 9.59 Å². The van der Waals surface area contributed by atoms with Gasteiger partial charge in [-0.1, -0.05) is 46.4 Å². The summed E-state index contributed by atoms with van der Waals surface area (Å²) in [6.45, 7) is 2.79. The standard InChI is InChI=1S/C16H12Cl4N4O4/c1-15(2,16(18,19)20)28-14(26)27-13-11-10(21-5-6-22-11)12(25)24(13)9-4-3-8(17)7-23-9/h3-7,13H,1-2H3. The molecule has 0 N–H and O–H groups in total. The Balaban J connectivity index is 1.92. The monoisotopic (exact) mass is 464 g/mol. The van der Waals surface area contributed by atoms with E-state index >= 15 is 0 Å². The summed E-state index contributed by atoms with van der Waals surface area (Å²) in [7, 11) is 0. The highest BCUT2D eigenvalue weighted by molar-refractivity contribution is 6.68. The molecule has 3 rings (SSSR count). The smallest absolute Gasteiger partial charge is 0.424 e. The maximum Gasteiger partial charge on any atom is 0.511 e. The molecule has 148 valence electrons. The van der Waals surface area contributed by atoms with E-state index in [1.54, 1.807) is 0 Å². The van der Waals surface area contributed by atoms with Crippen molar-refractivity contribution < 1.29 is 19.1 Å². The Morgan fingerprint density at radius 1 is 1.14 bits per heavy atom. The predicted molar refractivity (Wildman–Crippen MR) is 103 cm³/mol. The van der Waals surface area contributed by atoms with E-state index in [4.69, 9.17) is 55.9 Å². The van der Waals surface area contributed by atoms with Crippen LogP contribution in [0, 0.1) is 0 Å². The maximum absolute atomic E-state index is 12.8. The minimum absolute atomic E-state index is 0.0117. The zero-order valence-electron chi connectivity index (χ0n) is 14.4. The first-order chi connectivity index (χ1) is 13.0. The third-order valence-electron chi connectivity index (χ3n) is 3.80. The molecule has 1 amide bonds. The molecule has 0 aliphatic carbocycles. The number of hydrogen-bond acceptors (Lipinski definition) is 7. The van der Waals surface area contributed by atoms with Gasteiger partial charge in [0.05, 0.1) is 5.02 Å². The van der Waals surface area contributed by atoms with E-state index in [-0.39, 0.29) is 17.2 Å². The van der Waals surface area contributed by atoms with Gasteiger partial charge < -0.3 is 9.47 Å². The number of ether oxygens (including phenoxy) is 2. The van der Waals surface area contributed by atoms with Crippen LogP contribution in [0.3, 0.4) is 0 Å². The number of hydrogen-bond donors (Lipinski definition) is 0. The van der Waals surface area contributed by atoms with Crippen molar-refractivity contribution in [2.24, 2.45) is 0 Å². The van der Waals surface area contributed by atoms with Gasteiger partial charge in [-0.05, 0) is 26.0 Å². The Hall–Kier alpha value is -1.87. The number of alkyl halides is 3. The highest BCUT2D eigenvalue weighted by atomic mass is 35.6. The molecule has 1 aliphatic rings. The van der Waals surface area contributed by atoms with Crippen LogP contribution in [0.15, 0.2) is 30.7 Å². The fourth-order valence-electron chi connectivity index (χ4n) is 2.26. The van der Waals surface area contributed by atoms with Gasteiger partial charge >= 0.3 is 6.16 Å². The van der Waals surface area contributed by atoms with Gasteiger partial charge in [0, 0.05) is 18.6 Å². The molecule has 0 radical (unpaired) electrons. The number of aromatic nitrogens is 3. The van der Waals surface area contributed by atoms with Gasteiger partial charge in [0.15, 0.2) is 11.3 Å². The lowest BCUT2D eigenvalue weighted by molar-refractivity contribution is -0.0325. The molecule has 1 aliphatic heterocycles. The average molecular weight is 466 g/mol. The van der Waals surface area contributed by atoms with E-state index in [0.717, 1.165) is 4.90 Å². The van der Waals surface area contributed by atoms with Gasteiger partial charge in [-0.3, -0.25) is 9.78 Å². The first-order valence-corrected chi connectivity index (χ1v) is 9.25. The second-order valence-corrected chi connectivity index (χ2v) is 8.85. The van der Waals surface area contributed by atoms with Crippen LogP contribution in [-0.4, -0.2) is 36.4 Å². The number of fused-ring (bicyclic) bond motifs is 1. The minimum atomic E-state index is -1.91. The molecule has 1 unspecified atom stereocenters. The Kier molecular flexibility index (Phi) is 5.60. The van der Waals surface area contributed by atoms with Crippen LogP contribution in [0.2, 0.25) is 5.02 Å². The number of carbonyl (C=O) groups is 2. The summed E-state index contributed by atoms with van der Waals surface area (Å²) >= 11 is 23.3. The van der Waals surface area contributed by atoms with Crippen molar-refractivity contribution in [2.45, 2.75) is 29.5 Å². The van der Waals surface area contributed by atoms with Crippen molar-refractivity contribution in [1.29, 1.82) is 0 Å². The number of rotatable bonds is 3. The molecule has 3 heterocycles. The minimum Gasteiger partial charge on any atom is -0.424 e. The number of anilines is 1. The maximum atomic E-state index is 12.8. The Morgan fingerprint density at radius 3 is 2.43 bits per heavy atom. The van der Waals surface area contributed by atoms with E-state index in [0.29, 0.717) is 5.02 Å². The first kappa shape index (κ1) is 20.9. The molecule has 0 spiro atoms. The van der Waals surface area contributed by atoms with Crippen LogP contribution in [0.25, 0.3) is 0 Å². The zero-order valence-corrected chi connectivity index (χ0v) is 17.4. The van der Waals surface area contributed by atoms with Crippen LogP contribution in [0.1, 0.15) is 36.3 Å². The van der Waals surface area contributed by atoms with E-state index in [1.165, 1.54) is 44.6 Å². The summed E-state index contributed by atoms with van der Waals surface area (Å²) in [5, 5.41) is 0.366. The summed E-state index contributed by atoms with van der Waals surface area (Å²) in [5.41, 5.74) is -1.38. The topological polar surface area (TPSA) is 94.5 Å². The highest BCUT2D eigenvalue weighted by Gasteiger charge is 2.47. The Bertz CT molecular complexity index is 918. The summed E-state index contributed by atoms with van der Waals surface area (Å²) in [5.74, 6) is -0.385. The molecule has 0 saturated carbocycles. The molecule has 0 saturated heterocycles. The Morgan fingerprint density at radius 2 is 1.82 bits per heavy atom. The molecular formula is C16H12Cl4N4O4. The third-order valence-corrected chi connectivity index (χ3v) is 5.39.